The third-order valence-electron chi connectivity index (χ3n) is 4.80. The second-order valence-corrected chi connectivity index (χ2v) is 8.36. The molecule has 0 aliphatic carbocycles. The molecule has 1 atom stereocenters. The molecule has 2 N–H and O–H groups in total. The minimum Gasteiger partial charge on any atom is -0.370 e. The summed E-state index contributed by atoms with van der Waals surface area (Å²) in [7, 11) is 0. The van der Waals surface area contributed by atoms with E-state index in [9.17, 15) is 0 Å². The zero-order valence-electron chi connectivity index (χ0n) is 14.7. The first kappa shape index (κ1) is 15.9. The highest BCUT2D eigenvalue weighted by molar-refractivity contribution is 7.19. The zero-order chi connectivity index (χ0) is 16.9. The number of hydrogen-bond donors (Lipinski definition) is 1. The maximum absolute atomic E-state index is 5.95. The number of fused-ring (bicyclic) bond motifs is 5. The van der Waals surface area contributed by atoms with Crippen molar-refractivity contribution in [1.29, 1.82) is 0 Å². The molecule has 3 aromatic heterocycles. The molecule has 7 heteroatoms. The molecule has 6 nitrogen and oxygen atoms in total. The monoisotopic (exact) mass is 346 g/mol. The largest absolute Gasteiger partial charge is 0.370 e. The first-order valence-electron chi connectivity index (χ1n) is 8.58. The van der Waals surface area contributed by atoms with Gasteiger partial charge in [0.15, 0.2) is 5.65 Å². The van der Waals surface area contributed by atoms with Crippen LogP contribution < -0.4 is 5.32 Å². The fraction of sp³-hybridized carbons (Fsp3) is 0.588. The van der Waals surface area contributed by atoms with Crippen LogP contribution in [0, 0.1) is 0 Å². The molecular weight excluding hydrogens is 322 g/mol. The Morgan fingerprint density at radius 2 is 2.29 bits per heavy atom. The van der Waals surface area contributed by atoms with E-state index in [2.05, 4.69) is 43.1 Å². The van der Waals surface area contributed by atoms with Crippen molar-refractivity contribution in [2.75, 3.05) is 0 Å². The normalized spacial score (nSPS) is 18.2. The third-order valence-corrected chi connectivity index (χ3v) is 5.91. The average Bonchev–Trinajstić information content (AvgIpc) is 3.11. The number of nitrogens with two attached hydrogens (primary N) is 1. The van der Waals surface area contributed by atoms with Crippen LogP contribution in [0.3, 0.4) is 0 Å². The molecule has 1 aliphatic heterocycles. The molecule has 0 saturated carbocycles. The molecule has 0 saturated heterocycles. The highest BCUT2D eigenvalue weighted by Gasteiger charge is 2.30. The lowest BCUT2D eigenvalue weighted by Gasteiger charge is -2.30. The molecule has 24 heavy (non-hydrogen) atoms. The Bertz CT molecular complexity index is 897. The summed E-state index contributed by atoms with van der Waals surface area (Å²) in [5.41, 5.74) is 2.14. The Labute approximate surface area is 145 Å². The van der Waals surface area contributed by atoms with Gasteiger partial charge in [0.1, 0.15) is 17.7 Å². The standard InChI is InChI=1S/C17H23N5OS/c1-5-10(2)18-7-13-20-15-14-11-6-17(3,4)23-8-12(11)24-16(14)19-9-22(15)21-13/h9-10,18H,5-8H2,1-4H3/p+1/t10-/m1/s1. The van der Waals surface area contributed by atoms with Crippen molar-refractivity contribution in [2.45, 2.75) is 65.3 Å². The van der Waals surface area contributed by atoms with E-state index in [4.69, 9.17) is 9.72 Å². The van der Waals surface area contributed by atoms with E-state index >= 15 is 0 Å². The van der Waals surface area contributed by atoms with E-state index in [0.29, 0.717) is 12.6 Å². The molecule has 0 amide bonds. The highest BCUT2D eigenvalue weighted by atomic mass is 32.1. The van der Waals surface area contributed by atoms with Gasteiger partial charge in [-0.3, -0.25) is 0 Å². The molecule has 0 radical (unpaired) electrons. The number of hydrogen-bond acceptors (Lipinski definition) is 5. The minimum atomic E-state index is -0.138. The molecule has 0 spiro atoms. The SMILES string of the molecule is CC[C@@H](C)[NH2+]Cc1nc2c3c4c(sc3ncn2n1)COC(C)(C)C4. The zero-order valence-corrected chi connectivity index (χ0v) is 15.5. The first-order valence-corrected chi connectivity index (χ1v) is 9.40. The summed E-state index contributed by atoms with van der Waals surface area (Å²) >= 11 is 1.72. The maximum atomic E-state index is 5.95. The number of aromatic nitrogens is 4. The summed E-state index contributed by atoms with van der Waals surface area (Å²) in [5, 5.41) is 8.07. The van der Waals surface area contributed by atoms with E-state index in [1.807, 2.05) is 4.52 Å². The van der Waals surface area contributed by atoms with E-state index in [0.717, 1.165) is 41.1 Å². The van der Waals surface area contributed by atoms with Crippen molar-refractivity contribution < 1.29 is 10.1 Å². The lowest BCUT2D eigenvalue weighted by molar-refractivity contribution is -0.702. The van der Waals surface area contributed by atoms with Crippen molar-refractivity contribution in [3.8, 4) is 0 Å². The number of ether oxygens (including phenoxy) is 1. The summed E-state index contributed by atoms with van der Waals surface area (Å²) < 4.78 is 7.78. The van der Waals surface area contributed by atoms with Crippen LogP contribution in [-0.4, -0.2) is 31.2 Å². The molecule has 4 rings (SSSR count). The van der Waals surface area contributed by atoms with Gasteiger partial charge in [-0.15, -0.1) is 16.4 Å². The van der Waals surface area contributed by atoms with Crippen LogP contribution in [-0.2, 0) is 24.3 Å². The van der Waals surface area contributed by atoms with Gasteiger partial charge in [-0.1, -0.05) is 6.92 Å². The summed E-state index contributed by atoms with van der Waals surface area (Å²) in [6.07, 6.45) is 3.82. The van der Waals surface area contributed by atoms with Gasteiger partial charge in [-0.05, 0) is 32.8 Å². The van der Waals surface area contributed by atoms with Crippen molar-refractivity contribution in [3.05, 3.63) is 22.6 Å². The molecule has 4 heterocycles. The first-order chi connectivity index (χ1) is 11.5. The van der Waals surface area contributed by atoms with Crippen LogP contribution in [0.5, 0.6) is 0 Å². The van der Waals surface area contributed by atoms with Crippen LogP contribution in [0.4, 0.5) is 0 Å². The van der Waals surface area contributed by atoms with Crippen LogP contribution in [0.2, 0.25) is 0 Å². The molecule has 1 aliphatic rings. The summed E-state index contributed by atoms with van der Waals surface area (Å²) in [6, 6.07) is 0.585. The van der Waals surface area contributed by atoms with Crippen LogP contribution in [0.15, 0.2) is 6.33 Å². The molecule has 0 aromatic carbocycles. The summed E-state index contributed by atoms with van der Waals surface area (Å²) in [5.74, 6) is 0.871. The predicted molar refractivity (Wildman–Crippen MR) is 94.1 cm³/mol. The maximum Gasteiger partial charge on any atom is 0.206 e. The van der Waals surface area contributed by atoms with Gasteiger partial charge in [0, 0.05) is 11.3 Å². The molecular formula is C17H24N5OS+. The second-order valence-electron chi connectivity index (χ2n) is 7.28. The quantitative estimate of drug-likeness (QED) is 0.785. The summed E-state index contributed by atoms with van der Waals surface area (Å²) in [6.45, 7) is 10.2. The van der Waals surface area contributed by atoms with Crippen molar-refractivity contribution in [2.24, 2.45) is 0 Å². The molecule has 0 fully saturated rings. The summed E-state index contributed by atoms with van der Waals surface area (Å²) in [4.78, 5) is 11.7. The van der Waals surface area contributed by atoms with Gasteiger partial charge in [-0.2, -0.15) is 0 Å². The molecule has 0 bridgehead atoms. The minimum absolute atomic E-state index is 0.138. The average molecular weight is 346 g/mol. The Kier molecular flexibility index (Phi) is 3.82. The highest BCUT2D eigenvalue weighted by Crippen LogP contribution is 2.39. The van der Waals surface area contributed by atoms with Crippen molar-refractivity contribution >= 4 is 27.2 Å². The van der Waals surface area contributed by atoms with Crippen LogP contribution in [0.25, 0.3) is 15.9 Å². The van der Waals surface area contributed by atoms with Crippen LogP contribution in [0.1, 0.15) is 50.4 Å². The number of nitrogens with zero attached hydrogens (tertiary/aromatic N) is 4. The van der Waals surface area contributed by atoms with Gasteiger partial charge in [-0.25, -0.2) is 14.5 Å². The Hall–Kier alpha value is -1.57. The Balaban J connectivity index is 1.79. The Morgan fingerprint density at radius 1 is 1.46 bits per heavy atom. The lowest BCUT2D eigenvalue weighted by atomic mass is 9.94. The Morgan fingerprint density at radius 3 is 3.08 bits per heavy atom. The van der Waals surface area contributed by atoms with Gasteiger partial charge in [0.2, 0.25) is 5.82 Å². The molecule has 0 unspecified atom stereocenters. The number of quaternary nitrogens is 1. The number of rotatable bonds is 4. The van der Waals surface area contributed by atoms with Gasteiger partial charge < -0.3 is 10.1 Å². The number of thiophene rings is 1. The van der Waals surface area contributed by atoms with Gasteiger partial charge >= 0.3 is 0 Å². The lowest BCUT2D eigenvalue weighted by Crippen LogP contribution is -2.87. The van der Waals surface area contributed by atoms with Gasteiger partial charge in [0.05, 0.1) is 23.6 Å². The third kappa shape index (κ3) is 2.70. The van der Waals surface area contributed by atoms with E-state index in [1.165, 1.54) is 10.4 Å². The second kappa shape index (κ2) is 5.75. The fourth-order valence-corrected chi connectivity index (χ4v) is 4.21. The van der Waals surface area contributed by atoms with Gasteiger partial charge in [0.25, 0.3) is 0 Å². The van der Waals surface area contributed by atoms with Crippen molar-refractivity contribution in [3.63, 3.8) is 0 Å². The van der Waals surface area contributed by atoms with E-state index < -0.39 is 0 Å². The molecule has 3 aromatic rings. The van der Waals surface area contributed by atoms with E-state index in [1.54, 1.807) is 17.7 Å². The van der Waals surface area contributed by atoms with Crippen LogP contribution >= 0.6 is 11.3 Å². The topological polar surface area (TPSA) is 68.9 Å². The van der Waals surface area contributed by atoms with Crippen molar-refractivity contribution in [1.82, 2.24) is 19.6 Å². The fourth-order valence-electron chi connectivity index (χ4n) is 3.15. The van der Waals surface area contributed by atoms with E-state index in [-0.39, 0.29) is 5.60 Å². The smallest absolute Gasteiger partial charge is 0.206 e. The molecule has 128 valence electrons. The predicted octanol–water partition coefficient (Wildman–Crippen LogP) is 2.05.